The summed E-state index contributed by atoms with van der Waals surface area (Å²) in [5.41, 5.74) is 0.935. The Morgan fingerprint density at radius 2 is 2.04 bits per heavy atom. The Hall–Kier alpha value is -2.08. The van der Waals surface area contributed by atoms with Crippen LogP contribution in [0.5, 0.6) is 0 Å². The number of benzene rings is 1. The largest absolute Gasteiger partial charge is 0.465 e. The van der Waals surface area contributed by atoms with Gasteiger partial charge in [0.2, 0.25) is 0 Å². The van der Waals surface area contributed by atoms with Crippen molar-refractivity contribution in [3.05, 3.63) is 35.4 Å². The summed E-state index contributed by atoms with van der Waals surface area (Å²) in [5, 5.41) is 3.37. The van der Waals surface area contributed by atoms with E-state index in [1.54, 1.807) is 17.0 Å². The minimum absolute atomic E-state index is 0.0409. The van der Waals surface area contributed by atoms with Gasteiger partial charge in [-0.3, -0.25) is 0 Å². The summed E-state index contributed by atoms with van der Waals surface area (Å²) >= 11 is 0. The monoisotopic (exact) mass is 320 g/mol. The molecule has 1 aromatic carbocycles. The normalized spacial score (nSPS) is 18.4. The van der Waals surface area contributed by atoms with Crippen LogP contribution in [-0.4, -0.2) is 49.3 Å². The van der Waals surface area contributed by atoms with Gasteiger partial charge in [0.1, 0.15) is 5.60 Å². The molecular weight excluding hydrogens is 296 g/mol. The Morgan fingerprint density at radius 1 is 1.30 bits per heavy atom. The molecule has 1 unspecified atom stereocenters. The summed E-state index contributed by atoms with van der Waals surface area (Å²) in [6, 6.07) is 7.21. The number of rotatable bonds is 2. The van der Waals surface area contributed by atoms with E-state index < -0.39 is 5.60 Å². The molecule has 0 saturated carbocycles. The molecule has 126 valence electrons. The number of esters is 1. The molecular formula is C17H24N2O4. The molecule has 0 bridgehead atoms. The smallest absolute Gasteiger partial charge is 0.410 e. The molecule has 1 saturated heterocycles. The van der Waals surface area contributed by atoms with Gasteiger partial charge in [-0.2, -0.15) is 0 Å². The number of carbonyl (C=O) groups excluding carboxylic acids is 2. The van der Waals surface area contributed by atoms with E-state index in [1.165, 1.54) is 7.11 Å². The number of piperazine rings is 1. The second-order valence-electron chi connectivity index (χ2n) is 6.55. The van der Waals surface area contributed by atoms with E-state index in [2.05, 4.69) is 5.32 Å². The minimum Gasteiger partial charge on any atom is -0.465 e. The van der Waals surface area contributed by atoms with Crippen LogP contribution in [0.3, 0.4) is 0 Å². The van der Waals surface area contributed by atoms with Crippen LogP contribution in [0.15, 0.2) is 24.3 Å². The van der Waals surface area contributed by atoms with Gasteiger partial charge in [0, 0.05) is 19.6 Å². The number of amides is 1. The molecule has 1 fully saturated rings. The lowest BCUT2D eigenvalue weighted by Gasteiger charge is -2.35. The summed E-state index contributed by atoms with van der Waals surface area (Å²) in [6.07, 6.45) is -0.312. The molecule has 0 aromatic heterocycles. The Kier molecular flexibility index (Phi) is 5.26. The van der Waals surface area contributed by atoms with Gasteiger partial charge in [-0.1, -0.05) is 12.1 Å². The van der Waals surface area contributed by atoms with Crippen molar-refractivity contribution >= 4 is 12.1 Å². The lowest BCUT2D eigenvalue weighted by molar-refractivity contribution is 0.0194. The highest BCUT2D eigenvalue weighted by atomic mass is 16.6. The van der Waals surface area contributed by atoms with Crippen LogP contribution in [0.1, 0.15) is 42.7 Å². The van der Waals surface area contributed by atoms with Gasteiger partial charge in [-0.25, -0.2) is 9.59 Å². The first-order valence-electron chi connectivity index (χ1n) is 7.70. The van der Waals surface area contributed by atoms with E-state index in [0.717, 1.165) is 5.56 Å². The fourth-order valence-electron chi connectivity index (χ4n) is 2.47. The van der Waals surface area contributed by atoms with E-state index in [0.29, 0.717) is 25.2 Å². The Labute approximate surface area is 136 Å². The predicted octanol–water partition coefficient (Wildman–Crippen LogP) is 2.35. The molecule has 1 heterocycles. The van der Waals surface area contributed by atoms with Crippen LogP contribution in [0.4, 0.5) is 4.79 Å². The quantitative estimate of drug-likeness (QED) is 0.847. The van der Waals surface area contributed by atoms with Crippen molar-refractivity contribution in [2.24, 2.45) is 0 Å². The molecule has 6 nitrogen and oxygen atoms in total. The topological polar surface area (TPSA) is 67.9 Å². The summed E-state index contributed by atoms with van der Waals surface area (Å²) < 4.78 is 10.2. The molecule has 1 aliphatic rings. The Balaban J connectivity index is 2.09. The third-order valence-corrected chi connectivity index (χ3v) is 3.54. The Morgan fingerprint density at radius 3 is 2.70 bits per heavy atom. The third kappa shape index (κ3) is 4.69. The fraction of sp³-hybridized carbons (Fsp3) is 0.529. The van der Waals surface area contributed by atoms with Crippen LogP contribution < -0.4 is 5.32 Å². The molecule has 0 aliphatic carbocycles. The minimum atomic E-state index is -0.512. The van der Waals surface area contributed by atoms with Crippen LogP contribution >= 0.6 is 0 Å². The molecule has 1 aliphatic heterocycles. The SMILES string of the molecule is COC(=O)c1cccc(C2CN(C(=O)OC(C)(C)C)CCN2)c1. The van der Waals surface area contributed by atoms with Crippen LogP contribution in [0.2, 0.25) is 0 Å². The van der Waals surface area contributed by atoms with Gasteiger partial charge >= 0.3 is 12.1 Å². The van der Waals surface area contributed by atoms with Crippen molar-refractivity contribution in [3.8, 4) is 0 Å². The van der Waals surface area contributed by atoms with E-state index in [-0.39, 0.29) is 18.1 Å². The molecule has 1 aromatic rings. The van der Waals surface area contributed by atoms with Crippen LogP contribution in [0, 0.1) is 0 Å². The van der Waals surface area contributed by atoms with Crippen molar-refractivity contribution < 1.29 is 19.1 Å². The van der Waals surface area contributed by atoms with E-state index in [4.69, 9.17) is 9.47 Å². The first kappa shape index (κ1) is 17.3. The van der Waals surface area contributed by atoms with Crippen LogP contribution in [0.25, 0.3) is 0 Å². The van der Waals surface area contributed by atoms with Crippen molar-refractivity contribution in [1.29, 1.82) is 0 Å². The molecule has 1 N–H and O–H groups in total. The number of carbonyl (C=O) groups is 2. The third-order valence-electron chi connectivity index (χ3n) is 3.54. The van der Waals surface area contributed by atoms with Gasteiger partial charge in [-0.15, -0.1) is 0 Å². The average molecular weight is 320 g/mol. The number of hydrogen-bond donors (Lipinski definition) is 1. The highest BCUT2D eigenvalue weighted by Crippen LogP contribution is 2.20. The first-order valence-corrected chi connectivity index (χ1v) is 7.70. The van der Waals surface area contributed by atoms with Crippen molar-refractivity contribution in [3.63, 3.8) is 0 Å². The van der Waals surface area contributed by atoms with Crippen LogP contribution in [-0.2, 0) is 9.47 Å². The molecule has 23 heavy (non-hydrogen) atoms. The second kappa shape index (κ2) is 7.00. The summed E-state index contributed by atoms with van der Waals surface area (Å²) in [5.74, 6) is -0.369. The maximum absolute atomic E-state index is 12.2. The highest BCUT2D eigenvalue weighted by molar-refractivity contribution is 5.89. The standard InChI is InChI=1S/C17H24N2O4/c1-17(2,3)23-16(21)19-9-8-18-14(11-19)12-6-5-7-13(10-12)15(20)22-4/h5-7,10,14,18H,8-9,11H2,1-4H3. The highest BCUT2D eigenvalue weighted by Gasteiger charge is 2.28. The number of nitrogens with zero attached hydrogens (tertiary/aromatic N) is 1. The van der Waals surface area contributed by atoms with E-state index in [1.807, 2.05) is 32.9 Å². The predicted molar refractivity (Wildman–Crippen MR) is 86.3 cm³/mol. The average Bonchev–Trinajstić information content (AvgIpc) is 2.53. The summed E-state index contributed by atoms with van der Waals surface area (Å²) in [4.78, 5) is 25.6. The lowest BCUT2D eigenvalue weighted by Crippen LogP contribution is -2.49. The number of hydrogen-bond acceptors (Lipinski definition) is 5. The van der Waals surface area contributed by atoms with E-state index >= 15 is 0 Å². The Bertz CT molecular complexity index is 580. The molecule has 2 rings (SSSR count). The van der Waals surface area contributed by atoms with Gasteiger partial charge < -0.3 is 19.7 Å². The molecule has 6 heteroatoms. The van der Waals surface area contributed by atoms with Gasteiger partial charge in [0.05, 0.1) is 18.7 Å². The van der Waals surface area contributed by atoms with Crippen molar-refractivity contribution in [2.75, 3.05) is 26.7 Å². The number of ether oxygens (including phenoxy) is 2. The second-order valence-corrected chi connectivity index (χ2v) is 6.55. The summed E-state index contributed by atoms with van der Waals surface area (Å²) in [7, 11) is 1.36. The first-order chi connectivity index (χ1) is 10.8. The lowest BCUT2D eigenvalue weighted by atomic mass is 10.0. The van der Waals surface area contributed by atoms with Gasteiger partial charge in [0.15, 0.2) is 0 Å². The van der Waals surface area contributed by atoms with Gasteiger partial charge in [0.25, 0.3) is 0 Å². The van der Waals surface area contributed by atoms with Crippen molar-refractivity contribution in [2.45, 2.75) is 32.4 Å². The number of nitrogens with one attached hydrogen (secondary N) is 1. The number of methoxy groups -OCH3 is 1. The maximum atomic E-state index is 12.2. The molecule has 1 amide bonds. The van der Waals surface area contributed by atoms with Crippen molar-refractivity contribution in [1.82, 2.24) is 10.2 Å². The summed E-state index contributed by atoms with van der Waals surface area (Å²) in [6.45, 7) is 7.33. The zero-order valence-corrected chi connectivity index (χ0v) is 14.1. The maximum Gasteiger partial charge on any atom is 0.410 e. The molecule has 0 radical (unpaired) electrons. The van der Waals surface area contributed by atoms with Gasteiger partial charge in [-0.05, 0) is 38.5 Å². The van der Waals surface area contributed by atoms with E-state index in [9.17, 15) is 9.59 Å². The zero-order valence-electron chi connectivity index (χ0n) is 14.1. The molecule has 1 atom stereocenters. The zero-order chi connectivity index (χ0) is 17.0. The fourth-order valence-corrected chi connectivity index (χ4v) is 2.47. The molecule has 0 spiro atoms.